The number of para-hydroxylation sites is 1. The summed E-state index contributed by atoms with van der Waals surface area (Å²) in [6.07, 6.45) is 0. The smallest absolute Gasteiger partial charge is 0.328 e. The Hall–Kier alpha value is -3.73. The Morgan fingerprint density at radius 3 is 2.44 bits per heavy atom. The van der Waals surface area contributed by atoms with Crippen LogP contribution in [0.3, 0.4) is 0 Å². The first-order chi connectivity index (χ1) is 16.4. The average Bonchev–Trinajstić information content (AvgIpc) is 3.43. The molecule has 3 aromatic rings. The van der Waals surface area contributed by atoms with Crippen LogP contribution in [0, 0.1) is 0 Å². The lowest BCUT2D eigenvalue weighted by Gasteiger charge is -2.44. The minimum atomic E-state index is -1.23. The first-order valence-corrected chi connectivity index (χ1v) is 11.6. The maximum absolute atomic E-state index is 13.4. The molecule has 0 saturated carbocycles. The molecule has 2 saturated heterocycles. The fourth-order valence-corrected chi connectivity index (χ4v) is 6.05. The van der Waals surface area contributed by atoms with Crippen LogP contribution in [0.15, 0.2) is 60.7 Å². The number of carbonyl (C=O) groups excluding carboxylic acids is 3. The molecule has 4 atom stereocenters. The molecule has 0 bridgehead atoms. The minimum absolute atomic E-state index is 0.249. The molecule has 2 aromatic carbocycles. The van der Waals surface area contributed by atoms with Gasteiger partial charge in [0.1, 0.15) is 23.2 Å². The van der Waals surface area contributed by atoms with E-state index in [4.69, 9.17) is 4.74 Å². The second kappa shape index (κ2) is 8.56. The summed E-state index contributed by atoms with van der Waals surface area (Å²) in [5, 5.41) is 16.5. The van der Waals surface area contributed by atoms with Crippen LogP contribution in [0.2, 0.25) is 0 Å². The normalized spacial score (nSPS) is 23.5. The number of hydrogen-bond acceptors (Lipinski definition) is 8. The van der Waals surface area contributed by atoms with Crippen LogP contribution < -0.4 is 10.1 Å². The van der Waals surface area contributed by atoms with Gasteiger partial charge in [0.05, 0.1) is 0 Å². The number of fused-ring (bicyclic) bond motifs is 1. The van der Waals surface area contributed by atoms with E-state index in [-0.39, 0.29) is 22.1 Å². The Bertz CT molecular complexity index is 1200. The topological polar surface area (TPSA) is 130 Å². The zero-order valence-electron chi connectivity index (χ0n) is 18.4. The number of ether oxygens (including phenoxy) is 1. The fourth-order valence-electron chi connectivity index (χ4n) is 4.41. The Kier molecular flexibility index (Phi) is 5.56. The van der Waals surface area contributed by atoms with Gasteiger partial charge in [0.25, 0.3) is 0 Å². The lowest BCUT2D eigenvalue weighted by Crippen LogP contribution is -2.68. The van der Waals surface area contributed by atoms with Gasteiger partial charge in [-0.05, 0) is 42.0 Å². The van der Waals surface area contributed by atoms with E-state index in [1.54, 1.807) is 77.3 Å². The largest absolute Gasteiger partial charge is 0.426 e. The number of esters is 1. The standard InChI is InChI=1S/C23H22N6O4S/c1-23(2)17(18-25-27-28-26-18)29-20(31)16(21(29)34-23)24-19(30)15(13-9-5-3-6-10-13)22(32)33-14-11-7-4-8-12-14/h3-12,15-17,21H,1-2H3,(H,24,30)(H,25,26,27,28). The van der Waals surface area contributed by atoms with Crippen molar-refractivity contribution in [1.82, 2.24) is 30.8 Å². The highest BCUT2D eigenvalue weighted by Gasteiger charge is 2.63. The first kappa shape index (κ1) is 22.1. The molecule has 2 N–H and O–H groups in total. The fraction of sp³-hybridized carbons (Fsp3) is 0.304. The third kappa shape index (κ3) is 3.81. The van der Waals surface area contributed by atoms with Crippen molar-refractivity contribution in [2.75, 3.05) is 0 Å². The van der Waals surface area contributed by atoms with Crippen LogP contribution in [-0.2, 0) is 14.4 Å². The van der Waals surface area contributed by atoms with Crippen molar-refractivity contribution in [2.24, 2.45) is 0 Å². The van der Waals surface area contributed by atoms with E-state index in [0.29, 0.717) is 17.1 Å². The predicted octanol–water partition coefficient (Wildman–Crippen LogP) is 1.81. The predicted molar refractivity (Wildman–Crippen MR) is 122 cm³/mol. The molecule has 3 heterocycles. The molecule has 174 valence electrons. The van der Waals surface area contributed by atoms with Crippen LogP contribution >= 0.6 is 11.8 Å². The lowest BCUT2D eigenvalue weighted by molar-refractivity contribution is -0.153. The van der Waals surface area contributed by atoms with Crippen molar-refractivity contribution in [3.8, 4) is 5.75 Å². The van der Waals surface area contributed by atoms with E-state index >= 15 is 0 Å². The summed E-state index contributed by atoms with van der Waals surface area (Å²) < 4.78 is 5.09. The van der Waals surface area contributed by atoms with Gasteiger partial charge in [-0.2, -0.15) is 0 Å². The number of carbonyl (C=O) groups is 3. The molecule has 34 heavy (non-hydrogen) atoms. The zero-order valence-corrected chi connectivity index (χ0v) is 19.2. The lowest BCUT2D eigenvalue weighted by atomic mass is 9.94. The Morgan fingerprint density at radius 2 is 1.79 bits per heavy atom. The molecule has 2 aliphatic rings. The number of tetrazole rings is 1. The maximum atomic E-state index is 13.4. The van der Waals surface area contributed by atoms with E-state index in [2.05, 4.69) is 25.9 Å². The van der Waals surface area contributed by atoms with Gasteiger partial charge in [-0.3, -0.25) is 14.4 Å². The number of benzene rings is 2. The molecular weight excluding hydrogens is 456 g/mol. The number of nitrogens with one attached hydrogen (secondary N) is 2. The van der Waals surface area contributed by atoms with Crippen LogP contribution in [0.1, 0.15) is 37.2 Å². The van der Waals surface area contributed by atoms with E-state index in [1.807, 2.05) is 13.8 Å². The van der Waals surface area contributed by atoms with Gasteiger partial charge in [0.2, 0.25) is 11.8 Å². The molecule has 2 aliphatic heterocycles. The van der Waals surface area contributed by atoms with Crippen molar-refractivity contribution in [3.05, 3.63) is 72.1 Å². The van der Waals surface area contributed by atoms with Crippen LogP contribution in [-0.4, -0.2) is 59.5 Å². The monoisotopic (exact) mass is 478 g/mol. The Labute approximate surface area is 199 Å². The van der Waals surface area contributed by atoms with Gasteiger partial charge in [-0.25, -0.2) is 5.10 Å². The highest BCUT2D eigenvalue weighted by molar-refractivity contribution is 8.01. The summed E-state index contributed by atoms with van der Waals surface area (Å²) in [6, 6.07) is 16.1. The first-order valence-electron chi connectivity index (χ1n) is 10.7. The molecule has 5 rings (SSSR count). The number of aromatic amines is 1. The quantitative estimate of drug-likeness (QED) is 0.237. The number of amides is 2. The molecule has 11 heteroatoms. The average molecular weight is 479 g/mol. The van der Waals surface area contributed by atoms with Gasteiger partial charge in [0.15, 0.2) is 11.7 Å². The summed E-state index contributed by atoms with van der Waals surface area (Å²) in [7, 11) is 0. The third-order valence-electron chi connectivity index (χ3n) is 5.95. The Balaban J connectivity index is 1.36. The molecule has 0 spiro atoms. The summed E-state index contributed by atoms with van der Waals surface area (Å²) >= 11 is 1.55. The molecule has 10 nitrogen and oxygen atoms in total. The summed E-state index contributed by atoms with van der Waals surface area (Å²) in [6.45, 7) is 4.00. The number of β-lactam (4-membered cyclic amide) rings is 1. The number of aromatic nitrogens is 4. The van der Waals surface area contributed by atoms with Crippen molar-refractivity contribution in [3.63, 3.8) is 0 Å². The zero-order chi connectivity index (χ0) is 23.9. The van der Waals surface area contributed by atoms with Crippen LogP contribution in [0.5, 0.6) is 5.75 Å². The van der Waals surface area contributed by atoms with Gasteiger partial charge < -0.3 is 15.0 Å². The van der Waals surface area contributed by atoms with E-state index in [1.165, 1.54) is 0 Å². The van der Waals surface area contributed by atoms with Crippen molar-refractivity contribution < 1.29 is 19.1 Å². The number of rotatable bonds is 6. The number of H-pyrrole nitrogens is 1. The number of thioether (sulfide) groups is 1. The van der Waals surface area contributed by atoms with Gasteiger partial charge in [0, 0.05) is 4.75 Å². The molecular formula is C23H22N6O4S. The maximum Gasteiger partial charge on any atom is 0.328 e. The van der Waals surface area contributed by atoms with E-state index < -0.39 is 23.8 Å². The molecule has 1 aromatic heterocycles. The van der Waals surface area contributed by atoms with Crippen LogP contribution in [0.4, 0.5) is 0 Å². The second-order valence-electron chi connectivity index (χ2n) is 8.61. The van der Waals surface area contributed by atoms with Crippen molar-refractivity contribution in [1.29, 1.82) is 0 Å². The summed E-state index contributed by atoms with van der Waals surface area (Å²) in [5.41, 5.74) is 0.481. The number of nitrogens with zero attached hydrogens (tertiary/aromatic N) is 4. The highest BCUT2D eigenvalue weighted by atomic mass is 32.2. The van der Waals surface area contributed by atoms with Gasteiger partial charge >= 0.3 is 5.97 Å². The minimum Gasteiger partial charge on any atom is -0.426 e. The van der Waals surface area contributed by atoms with Crippen molar-refractivity contribution in [2.45, 2.75) is 42.0 Å². The van der Waals surface area contributed by atoms with Crippen LogP contribution in [0.25, 0.3) is 0 Å². The second-order valence-corrected chi connectivity index (χ2v) is 10.4. The van der Waals surface area contributed by atoms with E-state index in [9.17, 15) is 14.4 Å². The molecule has 2 fully saturated rings. The Morgan fingerprint density at radius 1 is 1.12 bits per heavy atom. The summed E-state index contributed by atoms with van der Waals surface area (Å²) in [5.74, 6) is -1.95. The molecule has 0 aliphatic carbocycles. The molecule has 2 amide bonds. The molecule has 4 unspecified atom stereocenters. The third-order valence-corrected chi connectivity index (χ3v) is 7.52. The number of hydrogen-bond donors (Lipinski definition) is 2. The summed E-state index contributed by atoms with van der Waals surface area (Å²) in [4.78, 5) is 41.2. The van der Waals surface area contributed by atoms with Crippen molar-refractivity contribution >= 4 is 29.5 Å². The van der Waals surface area contributed by atoms with Gasteiger partial charge in [-0.1, -0.05) is 48.5 Å². The SMILES string of the molecule is CC1(C)SC2C(NC(=O)C(C(=O)Oc3ccccc3)c3ccccc3)C(=O)N2C1c1nnn[nH]1. The van der Waals surface area contributed by atoms with E-state index in [0.717, 1.165) is 0 Å². The molecule has 0 radical (unpaired) electrons. The van der Waals surface area contributed by atoms with Gasteiger partial charge in [-0.15, -0.1) is 16.9 Å². The highest BCUT2D eigenvalue weighted by Crippen LogP contribution is 2.56.